The lowest BCUT2D eigenvalue weighted by molar-refractivity contribution is 0.0342. The minimum absolute atomic E-state index is 0.0279. The number of nitrogens with zero attached hydrogens (tertiary/aromatic N) is 4. The van der Waals surface area contributed by atoms with Gasteiger partial charge in [0.15, 0.2) is 5.41 Å². The molecule has 0 aromatic carbocycles. The Labute approximate surface area is 175 Å². The zero-order valence-electron chi connectivity index (χ0n) is 16.2. The van der Waals surface area contributed by atoms with E-state index in [0.717, 1.165) is 62.6 Å². The highest BCUT2D eigenvalue weighted by atomic mass is 32.1. The molecule has 0 unspecified atom stereocenters. The fourth-order valence-electron chi connectivity index (χ4n) is 4.84. The predicted octanol–water partition coefficient (Wildman–Crippen LogP) is 3.17. The Morgan fingerprint density at radius 1 is 1.24 bits per heavy atom. The summed E-state index contributed by atoms with van der Waals surface area (Å²) in [5.74, 6) is -0.371. The summed E-state index contributed by atoms with van der Waals surface area (Å²) >= 11 is 1.60. The fraction of sp³-hybridized carbons (Fsp3) is 0.500. The fourth-order valence-corrected chi connectivity index (χ4v) is 5.97. The van der Waals surface area contributed by atoms with E-state index in [2.05, 4.69) is 40.6 Å². The van der Waals surface area contributed by atoms with E-state index in [1.807, 2.05) is 0 Å². The quantitative estimate of drug-likeness (QED) is 0.827. The number of allylic oxidation sites excluding steroid dienone is 4. The lowest BCUT2D eigenvalue weighted by atomic mass is 9.58. The highest BCUT2D eigenvalue weighted by Crippen LogP contribution is 2.56. The number of thiophene rings is 1. The molecule has 2 atom stereocenters. The normalized spacial score (nSPS) is 26.6. The second-order valence-electron chi connectivity index (χ2n) is 7.85. The third-order valence-electron chi connectivity index (χ3n) is 6.29. The molecule has 0 spiro atoms. The Morgan fingerprint density at radius 2 is 2.00 bits per heavy atom. The lowest BCUT2D eigenvalue weighted by Gasteiger charge is -2.42. The van der Waals surface area contributed by atoms with Crippen LogP contribution < -0.4 is 5.73 Å². The smallest absolute Gasteiger partial charge is 0.192 e. The summed E-state index contributed by atoms with van der Waals surface area (Å²) in [7, 11) is 0. The molecule has 1 fully saturated rings. The topological polar surface area (TPSA) is 110 Å². The van der Waals surface area contributed by atoms with Gasteiger partial charge in [0.05, 0.1) is 36.6 Å². The van der Waals surface area contributed by atoms with Crippen molar-refractivity contribution in [2.75, 3.05) is 26.3 Å². The molecule has 1 saturated heterocycles. The summed E-state index contributed by atoms with van der Waals surface area (Å²) in [6.07, 6.45) is 4.82. The standard InChI is InChI=1S/C22H23N5OS/c23-10-18-16-3-1-2-4-17(16)20(22(13-24,14-25)21(18)26)19-9-15(12-29-19)11-27-5-7-28-8-6-27/h3,9,12,17,20H,1-2,4-8,11,26H2/t17-,20+/m0/s1. The van der Waals surface area contributed by atoms with E-state index < -0.39 is 5.41 Å². The van der Waals surface area contributed by atoms with Gasteiger partial charge in [-0.1, -0.05) is 6.08 Å². The van der Waals surface area contributed by atoms with Crippen LogP contribution in [0.4, 0.5) is 0 Å². The van der Waals surface area contributed by atoms with Crippen LogP contribution in [0, 0.1) is 45.3 Å². The van der Waals surface area contributed by atoms with Gasteiger partial charge >= 0.3 is 0 Å². The average Bonchev–Trinajstić information content (AvgIpc) is 3.21. The highest BCUT2D eigenvalue weighted by molar-refractivity contribution is 7.10. The van der Waals surface area contributed by atoms with Crippen LogP contribution in [0.2, 0.25) is 0 Å². The van der Waals surface area contributed by atoms with Crippen molar-refractivity contribution in [3.8, 4) is 18.2 Å². The summed E-state index contributed by atoms with van der Waals surface area (Å²) < 4.78 is 5.42. The molecule has 2 N–H and O–H groups in total. The van der Waals surface area contributed by atoms with Crippen molar-refractivity contribution in [2.45, 2.75) is 31.7 Å². The van der Waals surface area contributed by atoms with Crippen LogP contribution in [0.5, 0.6) is 0 Å². The van der Waals surface area contributed by atoms with Crippen molar-refractivity contribution >= 4 is 11.3 Å². The van der Waals surface area contributed by atoms with Crippen LogP contribution in [-0.2, 0) is 11.3 Å². The van der Waals surface area contributed by atoms with Crippen LogP contribution in [0.1, 0.15) is 35.6 Å². The molecule has 0 radical (unpaired) electrons. The zero-order chi connectivity index (χ0) is 20.4. The molecule has 1 aromatic rings. The number of ether oxygens (including phenoxy) is 1. The van der Waals surface area contributed by atoms with Crippen LogP contribution in [0.25, 0.3) is 0 Å². The first kappa shape index (κ1) is 19.7. The average molecular weight is 406 g/mol. The summed E-state index contributed by atoms with van der Waals surface area (Å²) in [6, 6.07) is 8.73. The molecule has 3 aliphatic rings. The monoisotopic (exact) mass is 405 g/mol. The van der Waals surface area contributed by atoms with E-state index in [1.54, 1.807) is 11.3 Å². The number of fused-ring (bicyclic) bond motifs is 1. The first-order chi connectivity index (χ1) is 14.1. The highest BCUT2D eigenvalue weighted by Gasteiger charge is 2.54. The molecule has 29 heavy (non-hydrogen) atoms. The second-order valence-corrected chi connectivity index (χ2v) is 8.80. The third kappa shape index (κ3) is 3.24. The van der Waals surface area contributed by atoms with E-state index in [-0.39, 0.29) is 17.5 Å². The zero-order valence-corrected chi connectivity index (χ0v) is 17.0. The van der Waals surface area contributed by atoms with Gasteiger partial charge in [-0.15, -0.1) is 11.3 Å². The lowest BCUT2D eigenvalue weighted by Crippen LogP contribution is -2.42. The van der Waals surface area contributed by atoms with Crippen LogP contribution in [0.15, 0.2) is 34.4 Å². The molecule has 148 valence electrons. The number of nitrogens with two attached hydrogens (primary N) is 1. The molecule has 0 saturated carbocycles. The maximum absolute atomic E-state index is 10.1. The number of nitriles is 3. The summed E-state index contributed by atoms with van der Waals surface area (Å²) in [4.78, 5) is 3.36. The third-order valence-corrected chi connectivity index (χ3v) is 7.35. The Bertz CT molecular complexity index is 966. The molecular weight excluding hydrogens is 382 g/mol. The number of rotatable bonds is 3. The molecule has 7 heteroatoms. The summed E-state index contributed by atoms with van der Waals surface area (Å²) in [5, 5.41) is 32.0. The van der Waals surface area contributed by atoms with Gasteiger partial charge in [0.1, 0.15) is 6.07 Å². The van der Waals surface area contributed by atoms with Gasteiger partial charge in [0.25, 0.3) is 0 Å². The van der Waals surface area contributed by atoms with Crippen molar-refractivity contribution in [3.05, 3.63) is 44.8 Å². The second kappa shape index (κ2) is 8.01. The maximum Gasteiger partial charge on any atom is 0.192 e. The van der Waals surface area contributed by atoms with Crippen molar-refractivity contribution < 1.29 is 4.74 Å². The van der Waals surface area contributed by atoms with E-state index in [4.69, 9.17) is 10.5 Å². The molecular formula is C22H23N5OS. The van der Waals surface area contributed by atoms with Crippen molar-refractivity contribution in [2.24, 2.45) is 17.1 Å². The van der Waals surface area contributed by atoms with Gasteiger partial charge in [-0.25, -0.2) is 0 Å². The summed E-state index contributed by atoms with van der Waals surface area (Å²) in [6.45, 7) is 4.15. The predicted molar refractivity (Wildman–Crippen MR) is 109 cm³/mol. The van der Waals surface area contributed by atoms with E-state index in [0.29, 0.717) is 5.57 Å². The Hall–Kier alpha value is -2.63. The largest absolute Gasteiger partial charge is 0.399 e. The Kier molecular flexibility index (Phi) is 5.43. The van der Waals surface area contributed by atoms with Crippen molar-refractivity contribution in [1.29, 1.82) is 15.8 Å². The van der Waals surface area contributed by atoms with Crippen LogP contribution in [-0.4, -0.2) is 31.2 Å². The SMILES string of the molecule is N#CC1=C(N)C(C#N)(C#N)[C@@H](c2cc(CN3CCOCC3)cs2)[C@H]2CCCC=C12. The Morgan fingerprint density at radius 3 is 2.69 bits per heavy atom. The molecule has 1 aromatic heterocycles. The first-order valence-electron chi connectivity index (χ1n) is 9.95. The molecule has 4 rings (SSSR count). The summed E-state index contributed by atoms with van der Waals surface area (Å²) in [5.41, 5.74) is 7.38. The Balaban J connectivity index is 1.75. The first-order valence-corrected chi connectivity index (χ1v) is 10.8. The van der Waals surface area contributed by atoms with Gasteiger partial charge in [0, 0.05) is 30.4 Å². The van der Waals surface area contributed by atoms with E-state index in [1.165, 1.54) is 5.56 Å². The molecule has 0 bridgehead atoms. The van der Waals surface area contributed by atoms with Gasteiger partial charge < -0.3 is 10.5 Å². The van der Waals surface area contributed by atoms with Crippen LogP contribution in [0.3, 0.4) is 0 Å². The maximum atomic E-state index is 10.1. The van der Waals surface area contributed by atoms with E-state index >= 15 is 0 Å². The molecule has 6 nitrogen and oxygen atoms in total. The molecule has 0 amide bonds. The molecule has 1 aliphatic heterocycles. The number of morpholine rings is 1. The molecule has 2 aliphatic carbocycles. The van der Waals surface area contributed by atoms with Gasteiger partial charge in [-0.3, -0.25) is 4.90 Å². The van der Waals surface area contributed by atoms with Gasteiger partial charge in [-0.2, -0.15) is 15.8 Å². The minimum atomic E-state index is -1.51. The number of hydrogen-bond donors (Lipinski definition) is 1. The van der Waals surface area contributed by atoms with Crippen molar-refractivity contribution in [3.63, 3.8) is 0 Å². The van der Waals surface area contributed by atoms with Gasteiger partial charge in [-0.05, 0) is 47.8 Å². The van der Waals surface area contributed by atoms with Crippen LogP contribution >= 0.6 is 11.3 Å². The molecule has 2 heterocycles. The van der Waals surface area contributed by atoms with Gasteiger partial charge in [0.2, 0.25) is 0 Å². The number of hydrogen-bond acceptors (Lipinski definition) is 7. The van der Waals surface area contributed by atoms with E-state index in [9.17, 15) is 15.8 Å². The van der Waals surface area contributed by atoms with Crippen molar-refractivity contribution in [1.82, 2.24) is 4.90 Å². The minimum Gasteiger partial charge on any atom is -0.399 e.